The molecular formula is C24H27F2N3O3. The van der Waals surface area contributed by atoms with E-state index in [0.717, 1.165) is 13.1 Å². The summed E-state index contributed by atoms with van der Waals surface area (Å²) in [6, 6.07) is 16.4. The fraction of sp³-hybridized carbons (Fsp3) is 0.333. The summed E-state index contributed by atoms with van der Waals surface area (Å²) in [7, 11) is 0. The van der Waals surface area contributed by atoms with Gasteiger partial charge in [-0.3, -0.25) is 9.59 Å². The molecule has 1 saturated heterocycles. The number of carbonyl (C=O) groups is 2. The molecule has 0 aliphatic carbocycles. The zero-order valence-electron chi connectivity index (χ0n) is 17.8. The predicted octanol–water partition coefficient (Wildman–Crippen LogP) is 3.55. The van der Waals surface area contributed by atoms with Crippen LogP contribution >= 0.6 is 0 Å². The topological polar surface area (TPSA) is 61.9 Å². The second-order valence-corrected chi connectivity index (χ2v) is 7.35. The molecule has 1 aliphatic rings. The minimum atomic E-state index is -2.93. The third kappa shape index (κ3) is 7.08. The van der Waals surface area contributed by atoms with Crippen LogP contribution in [0.4, 0.5) is 14.5 Å². The number of hydrogen-bond donors (Lipinski definition) is 1. The molecule has 0 unspecified atom stereocenters. The number of carbonyl (C=O) groups excluding carboxylic acids is 2. The number of benzene rings is 2. The Balaban J connectivity index is 1.35. The molecule has 6 nitrogen and oxygen atoms in total. The lowest BCUT2D eigenvalue weighted by Crippen LogP contribution is -2.48. The minimum Gasteiger partial charge on any atom is -0.434 e. The average molecular weight is 443 g/mol. The maximum Gasteiger partial charge on any atom is 0.387 e. The molecule has 3 rings (SSSR count). The van der Waals surface area contributed by atoms with Crippen molar-refractivity contribution in [2.45, 2.75) is 19.5 Å². The highest BCUT2D eigenvalue weighted by Crippen LogP contribution is 2.21. The largest absolute Gasteiger partial charge is 0.434 e. The number of nitrogens with zero attached hydrogens (tertiary/aromatic N) is 2. The molecule has 0 spiro atoms. The summed E-state index contributed by atoms with van der Waals surface area (Å²) >= 11 is 0. The fourth-order valence-electron chi connectivity index (χ4n) is 3.51. The quantitative estimate of drug-likeness (QED) is 0.476. The zero-order valence-corrected chi connectivity index (χ0v) is 17.8. The van der Waals surface area contributed by atoms with E-state index in [9.17, 15) is 18.4 Å². The van der Waals surface area contributed by atoms with Gasteiger partial charge in [0.25, 0.3) is 0 Å². The van der Waals surface area contributed by atoms with Crippen molar-refractivity contribution >= 4 is 23.6 Å². The molecule has 0 radical (unpaired) electrons. The van der Waals surface area contributed by atoms with Crippen molar-refractivity contribution < 1.29 is 23.1 Å². The Labute approximate surface area is 186 Å². The molecule has 1 fully saturated rings. The van der Waals surface area contributed by atoms with E-state index in [1.807, 2.05) is 23.1 Å². The Morgan fingerprint density at radius 1 is 1.00 bits per heavy atom. The van der Waals surface area contributed by atoms with Gasteiger partial charge in [0, 0.05) is 56.5 Å². The maximum atomic E-state index is 12.4. The molecule has 2 amide bonds. The van der Waals surface area contributed by atoms with Crippen molar-refractivity contribution in [2.24, 2.45) is 0 Å². The number of amides is 2. The van der Waals surface area contributed by atoms with Crippen LogP contribution in [-0.4, -0.2) is 56.0 Å². The first-order chi connectivity index (χ1) is 15.5. The summed E-state index contributed by atoms with van der Waals surface area (Å²) in [5.74, 6) is -0.272. The van der Waals surface area contributed by atoms with Crippen molar-refractivity contribution in [3.63, 3.8) is 0 Å². The molecule has 170 valence electrons. The van der Waals surface area contributed by atoms with Gasteiger partial charge in [-0.15, -0.1) is 0 Å². The highest BCUT2D eigenvalue weighted by molar-refractivity contribution is 5.92. The van der Waals surface area contributed by atoms with Crippen LogP contribution in [0.25, 0.3) is 6.08 Å². The van der Waals surface area contributed by atoms with Gasteiger partial charge in [-0.05, 0) is 30.7 Å². The molecule has 2 aromatic carbocycles. The van der Waals surface area contributed by atoms with Gasteiger partial charge in [-0.1, -0.05) is 36.4 Å². The number of ether oxygens (including phenoxy) is 1. The predicted molar refractivity (Wildman–Crippen MR) is 120 cm³/mol. The van der Waals surface area contributed by atoms with E-state index in [0.29, 0.717) is 38.0 Å². The summed E-state index contributed by atoms with van der Waals surface area (Å²) in [5, 5.41) is 2.71. The van der Waals surface area contributed by atoms with Crippen LogP contribution in [0.2, 0.25) is 0 Å². The number of alkyl halides is 2. The van der Waals surface area contributed by atoms with Gasteiger partial charge in [0.15, 0.2) is 0 Å². The van der Waals surface area contributed by atoms with E-state index < -0.39 is 6.61 Å². The number of hydrogen-bond acceptors (Lipinski definition) is 4. The van der Waals surface area contributed by atoms with E-state index in [2.05, 4.69) is 27.1 Å². The maximum absolute atomic E-state index is 12.4. The number of piperazine rings is 1. The van der Waals surface area contributed by atoms with Crippen LogP contribution in [-0.2, 0) is 9.59 Å². The summed E-state index contributed by atoms with van der Waals surface area (Å²) in [6.07, 6.45) is 3.57. The van der Waals surface area contributed by atoms with E-state index in [-0.39, 0.29) is 17.6 Å². The van der Waals surface area contributed by atoms with Gasteiger partial charge in [0.2, 0.25) is 11.8 Å². The zero-order chi connectivity index (χ0) is 22.8. The molecule has 1 heterocycles. The number of para-hydroxylation sites is 2. The van der Waals surface area contributed by atoms with Crippen molar-refractivity contribution in [1.82, 2.24) is 10.2 Å². The summed E-state index contributed by atoms with van der Waals surface area (Å²) in [4.78, 5) is 28.5. The first kappa shape index (κ1) is 23.2. The molecule has 2 aromatic rings. The Kier molecular flexibility index (Phi) is 8.60. The van der Waals surface area contributed by atoms with Crippen molar-refractivity contribution in [3.05, 3.63) is 66.2 Å². The number of anilines is 1. The van der Waals surface area contributed by atoms with Gasteiger partial charge >= 0.3 is 6.61 Å². The van der Waals surface area contributed by atoms with E-state index >= 15 is 0 Å². The molecule has 1 aliphatic heterocycles. The second-order valence-electron chi connectivity index (χ2n) is 7.35. The lowest BCUT2D eigenvalue weighted by Gasteiger charge is -2.36. The summed E-state index contributed by atoms with van der Waals surface area (Å²) < 4.78 is 29.3. The van der Waals surface area contributed by atoms with Gasteiger partial charge in [-0.25, -0.2) is 0 Å². The van der Waals surface area contributed by atoms with Crippen molar-refractivity contribution in [2.75, 3.05) is 37.6 Å². The highest BCUT2D eigenvalue weighted by atomic mass is 19.3. The van der Waals surface area contributed by atoms with Gasteiger partial charge in [0.05, 0.1) is 0 Å². The highest BCUT2D eigenvalue weighted by Gasteiger charge is 2.20. The molecular weight excluding hydrogens is 416 g/mol. The van der Waals surface area contributed by atoms with Crippen LogP contribution < -0.4 is 15.0 Å². The molecule has 0 atom stereocenters. The summed E-state index contributed by atoms with van der Waals surface area (Å²) in [5.41, 5.74) is 1.55. The van der Waals surface area contributed by atoms with Crippen LogP contribution in [0.5, 0.6) is 5.75 Å². The molecule has 0 bridgehead atoms. The average Bonchev–Trinajstić information content (AvgIpc) is 2.81. The fourth-order valence-corrected chi connectivity index (χ4v) is 3.51. The first-order valence-electron chi connectivity index (χ1n) is 10.6. The lowest BCUT2D eigenvalue weighted by molar-refractivity contribution is -0.131. The van der Waals surface area contributed by atoms with Crippen LogP contribution in [0.15, 0.2) is 60.7 Å². The SMILES string of the molecule is O=C(/C=C/c1ccccc1OC(F)F)NCCCC(=O)N1CCN(c2ccccc2)CC1. The normalized spacial score (nSPS) is 14.1. The molecule has 1 N–H and O–H groups in total. The third-order valence-corrected chi connectivity index (χ3v) is 5.17. The number of rotatable bonds is 9. The van der Waals surface area contributed by atoms with Crippen LogP contribution in [0, 0.1) is 0 Å². The molecule has 8 heteroatoms. The van der Waals surface area contributed by atoms with E-state index in [1.165, 1.54) is 23.9 Å². The monoisotopic (exact) mass is 443 g/mol. The Morgan fingerprint density at radius 2 is 1.69 bits per heavy atom. The lowest BCUT2D eigenvalue weighted by atomic mass is 10.2. The van der Waals surface area contributed by atoms with Crippen molar-refractivity contribution in [3.8, 4) is 5.75 Å². The van der Waals surface area contributed by atoms with Gasteiger partial charge < -0.3 is 19.9 Å². The minimum absolute atomic E-state index is 0.00417. The Bertz CT molecular complexity index is 914. The summed E-state index contributed by atoms with van der Waals surface area (Å²) in [6.45, 7) is 0.388. The third-order valence-electron chi connectivity index (χ3n) is 5.17. The molecule has 0 aromatic heterocycles. The van der Waals surface area contributed by atoms with Crippen LogP contribution in [0.1, 0.15) is 18.4 Å². The Hall–Kier alpha value is -3.42. The molecule has 0 saturated carbocycles. The first-order valence-corrected chi connectivity index (χ1v) is 10.6. The van der Waals surface area contributed by atoms with E-state index in [4.69, 9.17) is 0 Å². The smallest absolute Gasteiger partial charge is 0.387 e. The van der Waals surface area contributed by atoms with Crippen LogP contribution in [0.3, 0.4) is 0 Å². The number of halogens is 2. The van der Waals surface area contributed by atoms with Crippen molar-refractivity contribution in [1.29, 1.82) is 0 Å². The standard InChI is InChI=1S/C24H27F2N3O3/c25-24(26)32-21-10-5-4-7-19(21)12-13-22(30)27-14-6-11-23(31)29-17-15-28(16-18-29)20-8-2-1-3-9-20/h1-5,7-10,12-13,24H,6,11,14-18H2,(H,27,30)/b13-12+. The van der Waals surface area contributed by atoms with E-state index in [1.54, 1.807) is 18.2 Å². The Morgan fingerprint density at radius 3 is 2.41 bits per heavy atom. The van der Waals surface area contributed by atoms with Gasteiger partial charge in [-0.2, -0.15) is 8.78 Å². The molecule has 32 heavy (non-hydrogen) atoms. The van der Waals surface area contributed by atoms with Gasteiger partial charge in [0.1, 0.15) is 5.75 Å². The second kappa shape index (κ2) is 11.8. The number of nitrogens with one attached hydrogen (secondary N) is 1.